The van der Waals surface area contributed by atoms with Gasteiger partial charge >= 0.3 is 0 Å². The van der Waals surface area contributed by atoms with E-state index in [0.29, 0.717) is 33.9 Å². The van der Waals surface area contributed by atoms with Crippen molar-refractivity contribution in [3.63, 3.8) is 0 Å². The fourth-order valence-corrected chi connectivity index (χ4v) is 4.55. The molecular formula is C27H28N10O. The van der Waals surface area contributed by atoms with Crippen LogP contribution >= 0.6 is 0 Å². The molecule has 0 saturated carbocycles. The van der Waals surface area contributed by atoms with Gasteiger partial charge in [-0.1, -0.05) is 0 Å². The fourth-order valence-electron chi connectivity index (χ4n) is 4.55. The standard InChI is InChI=1S/C27H28N10O/c1-30-14-21(12-28)23-18-37-27(22(13-29)16-33-37)26(34-23)20-3-4-24(32-15-20)36-9-7-35(8-10-36)17-19-5-6-31-25(11-19)38-2/h3-6,11-12,14-16,18,28,30H,7-10,17H2,1-2H3/b21-14+,28-12?. The molecule has 0 aromatic carbocycles. The Balaban J connectivity index is 1.35. The van der Waals surface area contributed by atoms with Gasteiger partial charge in [-0.15, -0.1) is 0 Å². The van der Waals surface area contributed by atoms with Crippen LogP contribution in [0.5, 0.6) is 5.88 Å². The van der Waals surface area contributed by atoms with E-state index >= 15 is 0 Å². The van der Waals surface area contributed by atoms with Gasteiger partial charge in [0.15, 0.2) is 0 Å². The Bertz CT molecular complexity index is 1510. The molecule has 0 spiro atoms. The number of piperazine rings is 1. The van der Waals surface area contributed by atoms with E-state index in [1.165, 1.54) is 18.0 Å². The van der Waals surface area contributed by atoms with Gasteiger partial charge in [-0.3, -0.25) is 4.90 Å². The number of hydrogen-bond acceptors (Lipinski definition) is 10. The average molecular weight is 509 g/mol. The van der Waals surface area contributed by atoms with E-state index in [4.69, 9.17) is 20.1 Å². The minimum atomic E-state index is 0.431. The predicted molar refractivity (Wildman–Crippen MR) is 145 cm³/mol. The van der Waals surface area contributed by atoms with E-state index in [1.807, 2.05) is 24.3 Å². The Hall–Kier alpha value is -4.82. The van der Waals surface area contributed by atoms with Gasteiger partial charge in [-0.2, -0.15) is 10.4 Å². The normalized spacial score (nSPS) is 14.3. The quantitative estimate of drug-likeness (QED) is 0.345. The molecule has 1 aliphatic rings. The molecule has 1 saturated heterocycles. The molecule has 2 N–H and O–H groups in total. The van der Waals surface area contributed by atoms with Gasteiger partial charge in [0.1, 0.15) is 23.0 Å². The van der Waals surface area contributed by atoms with Crippen LogP contribution < -0.4 is 15.0 Å². The van der Waals surface area contributed by atoms with Gasteiger partial charge in [-0.05, 0) is 23.8 Å². The Labute approximate surface area is 220 Å². The molecule has 5 rings (SSSR count). The summed E-state index contributed by atoms with van der Waals surface area (Å²) in [7, 11) is 3.40. The summed E-state index contributed by atoms with van der Waals surface area (Å²) in [4.78, 5) is 18.4. The first-order chi connectivity index (χ1) is 18.6. The number of anilines is 1. The number of pyridine rings is 2. The summed E-state index contributed by atoms with van der Waals surface area (Å²) < 4.78 is 6.87. The highest BCUT2D eigenvalue weighted by molar-refractivity contribution is 6.07. The molecule has 11 heteroatoms. The summed E-state index contributed by atoms with van der Waals surface area (Å²) in [6, 6.07) is 10.2. The second-order valence-corrected chi connectivity index (χ2v) is 8.85. The number of allylic oxidation sites excluding steroid dienone is 1. The topological polar surface area (TPSA) is 131 Å². The SMILES string of the molecule is CN/C=C(\C=N)c1cn2ncc(C#N)c2c(-c2ccc(N3CCN(Cc4ccnc(OC)c4)CC3)nc2)n1. The van der Waals surface area contributed by atoms with Crippen LogP contribution in [0.25, 0.3) is 22.3 Å². The summed E-state index contributed by atoms with van der Waals surface area (Å²) in [5.41, 5.74) is 4.75. The third-order valence-electron chi connectivity index (χ3n) is 6.50. The zero-order valence-corrected chi connectivity index (χ0v) is 21.3. The van der Waals surface area contributed by atoms with Gasteiger partial charge in [0, 0.05) is 81.8 Å². The number of methoxy groups -OCH3 is 1. The van der Waals surface area contributed by atoms with Crippen LogP contribution in [0.1, 0.15) is 16.8 Å². The van der Waals surface area contributed by atoms with Crippen molar-refractivity contribution in [2.75, 3.05) is 45.2 Å². The summed E-state index contributed by atoms with van der Waals surface area (Å²) >= 11 is 0. The zero-order chi connectivity index (χ0) is 26.5. The van der Waals surface area contributed by atoms with Gasteiger partial charge < -0.3 is 20.4 Å². The summed E-state index contributed by atoms with van der Waals surface area (Å²) in [5, 5.41) is 24.7. The number of rotatable bonds is 8. The fraction of sp³-hybridized carbons (Fsp3) is 0.259. The van der Waals surface area contributed by atoms with Crippen molar-refractivity contribution in [3.05, 3.63) is 72.1 Å². The van der Waals surface area contributed by atoms with Crippen LogP contribution in [-0.4, -0.2) is 76.0 Å². The first kappa shape index (κ1) is 24.9. The Kier molecular flexibility index (Phi) is 7.24. The van der Waals surface area contributed by atoms with Crippen LogP contribution in [0.15, 0.2) is 55.3 Å². The highest BCUT2D eigenvalue weighted by Crippen LogP contribution is 2.28. The lowest BCUT2D eigenvalue weighted by molar-refractivity contribution is 0.249. The van der Waals surface area contributed by atoms with Crippen LogP contribution in [0.2, 0.25) is 0 Å². The van der Waals surface area contributed by atoms with E-state index in [9.17, 15) is 5.26 Å². The molecule has 1 fully saturated rings. The third-order valence-corrected chi connectivity index (χ3v) is 6.50. The summed E-state index contributed by atoms with van der Waals surface area (Å²) in [6.45, 7) is 4.42. The zero-order valence-electron chi connectivity index (χ0n) is 21.3. The molecule has 11 nitrogen and oxygen atoms in total. The van der Waals surface area contributed by atoms with Crippen molar-refractivity contribution in [2.45, 2.75) is 6.54 Å². The lowest BCUT2D eigenvalue weighted by Gasteiger charge is -2.35. The Morgan fingerprint density at radius 3 is 2.71 bits per heavy atom. The van der Waals surface area contributed by atoms with Crippen LogP contribution in [0.3, 0.4) is 0 Å². The van der Waals surface area contributed by atoms with Crippen molar-refractivity contribution in [1.29, 1.82) is 10.7 Å². The van der Waals surface area contributed by atoms with Crippen molar-refractivity contribution < 1.29 is 4.74 Å². The van der Waals surface area contributed by atoms with Gasteiger partial charge in [0.25, 0.3) is 0 Å². The van der Waals surface area contributed by atoms with E-state index in [0.717, 1.165) is 44.1 Å². The molecule has 5 heterocycles. The molecule has 0 amide bonds. The highest BCUT2D eigenvalue weighted by Gasteiger charge is 2.20. The van der Waals surface area contributed by atoms with Crippen molar-refractivity contribution >= 4 is 23.1 Å². The second kappa shape index (κ2) is 11.1. The molecule has 0 aliphatic carbocycles. The van der Waals surface area contributed by atoms with E-state index < -0.39 is 0 Å². The third kappa shape index (κ3) is 5.02. The average Bonchev–Trinajstić information content (AvgIpc) is 3.39. The van der Waals surface area contributed by atoms with Crippen molar-refractivity contribution in [3.8, 4) is 23.2 Å². The van der Waals surface area contributed by atoms with Crippen molar-refractivity contribution in [1.82, 2.24) is 34.8 Å². The number of fused-ring (bicyclic) bond motifs is 1. The molecule has 0 atom stereocenters. The molecule has 4 aromatic rings. The monoisotopic (exact) mass is 508 g/mol. The molecule has 1 aliphatic heterocycles. The highest BCUT2D eigenvalue weighted by atomic mass is 16.5. The Morgan fingerprint density at radius 2 is 2.03 bits per heavy atom. The maximum atomic E-state index is 9.64. The van der Waals surface area contributed by atoms with Gasteiger partial charge in [0.05, 0.1) is 30.9 Å². The van der Waals surface area contributed by atoms with Crippen molar-refractivity contribution in [2.24, 2.45) is 0 Å². The molecule has 0 unspecified atom stereocenters. The molecule has 38 heavy (non-hydrogen) atoms. The number of nitriles is 1. The van der Waals surface area contributed by atoms with Crippen LogP contribution in [0, 0.1) is 16.7 Å². The van der Waals surface area contributed by atoms with Gasteiger partial charge in [0.2, 0.25) is 5.88 Å². The molecule has 0 bridgehead atoms. The smallest absolute Gasteiger partial charge is 0.213 e. The molecule has 192 valence electrons. The second-order valence-electron chi connectivity index (χ2n) is 8.85. The molecular weight excluding hydrogens is 480 g/mol. The lowest BCUT2D eigenvalue weighted by atomic mass is 10.1. The largest absolute Gasteiger partial charge is 0.481 e. The first-order valence-electron chi connectivity index (χ1n) is 12.2. The lowest BCUT2D eigenvalue weighted by Crippen LogP contribution is -2.46. The summed E-state index contributed by atoms with van der Waals surface area (Å²) in [6.07, 6.45) is 9.75. The van der Waals surface area contributed by atoms with E-state index in [2.05, 4.69) is 31.3 Å². The van der Waals surface area contributed by atoms with E-state index in [-0.39, 0.29) is 0 Å². The van der Waals surface area contributed by atoms with Crippen LogP contribution in [-0.2, 0) is 6.54 Å². The van der Waals surface area contributed by atoms with E-state index in [1.54, 1.807) is 43.5 Å². The minimum Gasteiger partial charge on any atom is -0.481 e. The number of nitrogens with zero attached hydrogens (tertiary/aromatic N) is 8. The maximum Gasteiger partial charge on any atom is 0.213 e. The molecule has 4 aromatic heterocycles. The van der Waals surface area contributed by atoms with Crippen LogP contribution in [0.4, 0.5) is 5.82 Å². The number of aromatic nitrogens is 5. The number of ether oxygens (including phenoxy) is 1. The minimum absolute atomic E-state index is 0.431. The maximum absolute atomic E-state index is 9.64. The molecule has 0 radical (unpaired) electrons. The first-order valence-corrected chi connectivity index (χ1v) is 12.2. The number of nitrogens with one attached hydrogen (secondary N) is 2. The Morgan fingerprint density at radius 1 is 1.18 bits per heavy atom. The summed E-state index contributed by atoms with van der Waals surface area (Å²) in [5.74, 6) is 1.53. The van der Waals surface area contributed by atoms with Gasteiger partial charge in [-0.25, -0.2) is 19.5 Å². The predicted octanol–water partition coefficient (Wildman–Crippen LogP) is 2.60. The number of hydrogen-bond donors (Lipinski definition) is 2.